The zero-order chi connectivity index (χ0) is 10.7. The highest BCUT2D eigenvalue weighted by Crippen LogP contribution is 2.23. The maximum absolute atomic E-state index is 11.9. The quantitative estimate of drug-likeness (QED) is 0.728. The average molecular weight is 198 g/mol. The molecule has 1 fully saturated rings. The van der Waals surface area contributed by atoms with E-state index in [1.165, 1.54) is 6.42 Å². The Morgan fingerprint density at radius 2 is 2.21 bits per heavy atom. The molecule has 3 heteroatoms. The van der Waals surface area contributed by atoms with Gasteiger partial charge in [0.05, 0.1) is 6.04 Å². The molecule has 0 saturated carbocycles. The standard InChI is InChI=1S/C11H22N2O/c1-4-10(12)11(14)13-7-5-6-8(2)9(13)3/h8-10H,4-7,12H2,1-3H3. The largest absolute Gasteiger partial charge is 0.338 e. The molecule has 1 aliphatic rings. The van der Waals surface area contributed by atoms with Gasteiger partial charge in [-0.05, 0) is 32.1 Å². The number of likely N-dealkylation sites (tertiary alicyclic amines) is 1. The maximum atomic E-state index is 11.9. The van der Waals surface area contributed by atoms with Crippen LogP contribution in [0.1, 0.15) is 40.0 Å². The van der Waals surface area contributed by atoms with E-state index < -0.39 is 0 Å². The first-order chi connectivity index (χ1) is 6.57. The lowest BCUT2D eigenvalue weighted by molar-refractivity contribution is -0.137. The lowest BCUT2D eigenvalue weighted by Crippen LogP contribution is -2.51. The van der Waals surface area contributed by atoms with Crippen LogP contribution in [0.5, 0.6) is 0 Å². The molecule has 0 spiro atoms. The Labute approximate surface area is 86.6 Å². The molecule has 1 heterocycles. The minimum absolute atomic E-state index is 0.131. The SMILES string of the molecule is CCC(N)C(=O)N1CCCC(C)C1C. The minimum atomic E-state index is -0.303. The molecule has 1 amide bonds. The molecular weight excluding hydrogens is 176 g/mol. The van der Waals surface area contributed by atoms with Gasteiger partial charge in [0.2, 0.25) is 5.91 Å². The molecule has 3 unspecified atom stereocenters. The van der Waals surface area contributed by atoms with E-state index in [1.54, 1.807) is 0 Å². The first kappa shape index (κ1) is 11.5. The van der Waals surface area contributed by atoms with Crippen molar-refractivity contribution in [1.29, 1.82) is 0 Å². The molecule has 1 aliphatic heterocycles. The van der Waals surface area contributed by atoms with Crippen LogP contribution in [0.2, 0.25) is 0 Å². The molecule has 0 bridgehead atoms. The molecule has 2 N–H and O–H groups in total. The third-order valence-corrected chi connectivity index (χ3v) is 3.41. The van der Waals surface area contributed by atoms with Gasteiger partial charge in [0.15, 0.2) is 0 Å². The molecular formula is C11H22N2O. The molecule has 0 aromatic rings. The van der Waals surface area contributed by atoms with Crippen LogP contribution in [0.4, 0.5) is 0 Å². The normalized spacial score (nSPS) is 30.1. The maximum Gasteiger partial charge on any atom is 0.239 e. The van der Waals surface area contributed by atoms with Crippen molar-refractivity contribution in [3.05, 3.63) is 0 Å². The van der Waals surface area contributed by atoms with Crippen LogP contribution in [-0.2, 0) is 4.79 Å². The van der Waals surface area contributed by atoms with Gasteiger partial charge in [-0.3, -0.25) is 4.79 Å². The van der Waals surface area contributed by atoms with Crippen LogP contribution in [0, 0.1) is 5.92 Å². The van der Waals surface area contributed by atoms with Gasteiger partial charge in [-0.2, -0.15) is 0 Å². The third-order valence-electron chi connectivity index (χ3n) is 3.41. The fourth-order valence-corrected chi connectivity index (χ4v) is 2.03. The summed E-state index contributed by atoms with van der Waals surface area (Å²) in [7, 11) is 0. The monoisotopic (exact) mass is 198 g/mol. The Morgan fingerprint density at radius 1 is 1.57 bits per heavy atom. The van der Waals surface area contributed by atoms with Crippen LogP contribution >= 0.6 is 0 Å². The van der Waals surface area contributed by atoms with Gasteiger partial charge in [-0.1, -0.05) is 13.8 Å². The molecule has 0 aliphatic carbocycles. The molecule has 0 radical (unpaired) electrons. The molecule has 3 atom stereocenters. The summed E-state index contributed by atoms with van der Waals surface area (Å²) in [6.07, 6.45) is 3.08. The fraction of sp³-hybridized carbons (Fsp3) is 0.909. The zero-order valence-corrected chi connectivity index (χ0v) is 9.49. The van der Waals surface area contributed by atoms with Gasteiger partial charge in [-0.15, -0.1) is 0 Å². The van der Waals surface area contributed by atoms with Crippen molar-refractivity contribution < 1.29 is 4.79 Å². The van der Waals surface area contributed by atoms with Gasteiger partial charge in [0.25, 0.3) is 0 Å². The molecule has 1 saturated heterocycles. The van der Waals surface area contributed by atoms with Crippen molar-refractivity contribution in [3.63, 3.8) is 0 Å². The molecule has 14 heavy (non-hydrogen) atoms. The lowest BCUT2D eigenvalue weighted by atomic mass is 9.91. The Bertz CT molecular complexity index is 205. The Kier molecular flexibility index (Phi) is 3.93. The summed E-state index contributed by atoms with van der Waals surface area (Å²) in [5, 5.41) is 0. The van der Waals surface area contributed by atoms with E-state index in [4.69, 9.17) is 5.73 Å². The van der Waals surface area contributed by atoms with Crippen molar-refractivity contribution in [3.8, 4) is 0 Å². The van der Waals surface area contributed by atoms with E-state index in [0.29, 0.717) is 12.0 Å². The van der Waals surface area contributed by atoms with Gasteiger partial charge in [-0.25, -0.2) is 0 Å². The first-order valence-electron chi connectivity index (χ1n) is 5.64. The number of rotatable bonds is 2. The van der Waals surface area contributed by atoms with E-state index in [2.05, 4.69) is 13.8 Å². The highest BCUT2D eigenvalue weighted by atomic mass is 16.2. The topological polar surface area (TPSA) is 46.3 Å². The fourth-order valence-electron chi connectivity index (χ4n) is 2.03. The Hall–Kier alpha value is -0.570. The van der Waals surface area contributed by atoms with E-state index in [9.17, 15) is 4.79 Å². The second-order valence-corrected chi connectivity index (χ2v) is 4.41. The summed E-state index contributed by atoms with van der Waals surface area (Å²) in [4.78, 5) is 13.8. The summed E-state index contributed by atoms with van der Waals surface area (Å²) >= 11 is 0. The number of amides is 1. The van der Waals surface area contributed by atoms with E-state index in [0.717, 1.165) is 19.4 Å². The lowest BCUT2D eigenvalue weighted by Gasteiger charge is -2.39. The molecule has 82 valence electrons. The van der Waals surface area contributed by atoms with Crippen molar-refractivity contribution >= 4 is 5.91 Å². The van der Waals surface area contributed by atoms with Crippen LogP contribution in [0.25, 0.3) is 0 Å². The van der Waals surface area contributed by atoms with Crippen LogP contribution in [0.3, 0.4) is 0 Å². The van der Waals surface area contributed by atoms with Crippen LogP contribution < -0.4 is 5.73 Å². The van der Waals surface area contributed by atoms with E-state index in [-0.39, 0.29) is 11.9 Å². The number of carbonyl (C=O) groups is 1. The van der Waals surface area contributed by atoms with Crippen molar-refractivity contribution in [1.82, 2.24) is 4.90 Å². The highest BCUT2D eigenvalue weighted by Gasteiger charge is 2.30. The first-order valence-corrected chi connectivity index (χ1v) is 5.64. The van der Waals surface area contributed by atoms with Crippen LogP contribution in [0.15, 0.2) is 0 Å². The van der Waals surface area contributed by atoms with Gasteiger partial charge >= 0.3 is 0 Å². The van der Waals surface area contributed by atoms with Crippen molar-refractivity contribution in [2.75, 3.05) is 6.54 Å². The predicted molar refractivity (Wildman–Crippen MR) is 57.8 cm³/mol. The molecule has 0 aromatic carbocycles. The van der Waals surface area contributed by atoms with E-state index in [1.807, 2.05) is 11.8 Å². The second-order valence-electron chi connectivity index (χ2n) is 4.41. The molecule has 3 nitrogen and oxygen atoms in total. The van der Waals surface area contributed by atoms with Gasteiger partial charge in [0, 0.05) is 12.6 Å². The van der Waals surface area contributed by atoms with E-state index >= 15 is 0 Å². The molecule has 0 aromatic heterocycles. The Morgan fingerprint density at radius 3 is 2.79 bits per heavy atom. The Balaban J connectivity index is 2.62. The average Bonchev–Trinajstić information content (AvgIpc) is 2.20. The van der Waals surface area contributed by atoms with Crippen molar-refractivity contribution in [2.24, 2.45) is 11.7 Å². The van der Waals surface area contributed by atoms with Crippen LogP contribution in [-0.4, -0.2) is 29.4 Å². The minimum Gasteiger partial charge on any atom is -0.338 e. The number of piperidine rings is 1. The molecule has 1 rings (SSSR count). The number of carbonyl (C=O) groups excluding carboxylic acids is 1. The highest BCUT2D eigenvalue weighted by molar-refractivity contribution is 5.81. The summed E-state index contributed by atoms with van der Waals surface area (Å²) in [5.74, 6) is 0.739. The number of nitrogens with zero attached hydrogens (tertiary/aromatic N) is 1. The number of hydrogen-bond acceptors (Lipinski definition) is 2. The summed E-state index contributed by atoms with van der Waals surface area (Å²) in [5.41, 5.74) is 5.76. The summed E-state index contributed by atoms with van der Waals surface area (Å²) < 4.78 is 0. The van der Waals surface area contributed by atoms with Gasteiger partial charge < -0.3 is 10.6 Å². The zero-order valence-electron chi connectivity index (χ0n) is 9.49. The van der Waals surface area contributed by atoms with Crippen molar-refractivity contribution in [2.45, 2.75) is 52.1 Å². The van der Waals surface area contributed by atoms with Gasteiger partial charge in [0.1, 0.15) is 0 Å². The number of hydrogen-bond donors (Lipinski definition) is 1. The summed E-state index contributed by atoms with van der Waals surface area (Å²) in [6, 6.07) is 0.0524. The number of nitrogens with two attached hydrogens (primary N) is 1. The predicted octanol–water partition coefficient (Wildman–Crippen LogP) is 1.37. The summed E-state index contributed by atoms with van der Waals surface area (Å²) in [6.45, 7) is 7.18. The second kappa shape index (κ2) is 4.78. The smallest absolute Gasteiger partial charge is 0.239 e. The third kappa shape index (κ3) is 2.27.